The van der Waals surface area contributed by atoms with Gasteiger partial charge in [0.2, 0.25) is 0 Å². The fourth-order valence-electron chi connectivity index (χ4n) is 1.56. The summed E-state index contributed by atoms with van der Waals surface area (Å²) in [5.74, 6) is -0.444. The third kappa shape index (κ3) is 4.97. The molecule has 17 heavy (non-hydrogen) atoms. The van der Waals surface area contributed by atoms with Gasteiger partial charge in [-0.3, -0.25) is 4.79 Å². The maximum absolute atomic E-state index is 11.1. The Balaban J connectivity index is 2.41. The molecule has 0 heterocycles. The third-order valence-corrected chi connectivity index (χ3v) is 2.39. The number of carbonyl (C=O) groups is 1. The van der Waals surface area contributed by atoms with Gasteiger partial charge in [-0.2, -0.15) is 0 Å². The molecule has 0 saturated carbocycles. The molecule has 0 aromatic heterocycles. The minimum Gasteiger partial charge on any atom is -0.466 e. The maximum atomic E-state index is 11.1. The van der Waals surface area contributed by atoms with Crippen LogP contribution in [0.4, 0.5) is 0 Å². The standard InChI is InChI=1S/C13H18O4/c1-2-17-13(16)9-11(14)8-12(15)10-6-4-3-5-7-10/h3-7,11-12,14-15H,2,8-9H2,1H3/t11-,12-/m0/s1. The van der Waals surface area contributed by atoms with E-state index in [1.807, 2.05) is 18.2 Å². The molecule has 0 unspecified atom stereocenters. The van der Waals surface area contributed by atoms with Crippen LogP contribution in [0.2, 0.25) is 0 Å². The lowest BCUT2D eigenvalue weighted by Crippen LogP contribution is -2.18. The second kappa shape index (κ2) is 7.04. The molecule has 2 atom stereocenters. The molecule has 0 bridgehead atoms. The Kier molecular flexibility index (Phi) is 5.66. The second-order valence-electron chi connectivity index (χ2n) is 3.83. The van der Waals surface area contributed by atoms with Gasteiger partial charge < -0.3 is 14.9 Å². The molecule has 0 spiro atoms. The average Bonchev–Trinajstić information content (AvgIpc) is 2.30. The monoisotopic (exact) mass is 238 g/mol. The fraction of sp³-hybridized carbons (Fsp3) is 0.462. The Morgan fingerprint density at radius 2 is 1.94 bits per heavy atom. The predicted molar refractivity (Wildman–Crippen MR) is 63.3 cm³/mol. The van der Waals surface area contributed by atoms with E-state index in [9.17, 15) is 15.0 Å². The van der Waals surface area contributed by atoms with E-state index in [1.165, 1.54) is 0 Å². The van der Waals surface area contributed by atoms with Crippen molar-refractivity contribution in [1.29, 1.82) is 0 Å². The van der Waals surface area contributed by atoms with Gasteiger partial charge in [0.05, 0.1) is 25.2 Å². The fourth-order valence-corrected chi connectivity index (χ4v) is 1.56. The molecule has 94 valence electrons. The van der Waals surface area contributed by atoms with Gasteiger partial charge in [-0.05, 0) is 12.5 Å². The Morgan fingerprint density at radius 3 is 2.53 bits per heavy atom. The zero-order chi connectivity index (χ0) is 12.7. The van der Waals surface area contributed by atoms with Crippen molar-refractivity contribution in [3.05, 3.63) is 35.9 Å². The average molecular weight is 238 g/mol. The molecule has 0 radical (unpaired) electrons. The van der Waals surface area contributed by atoms with E-state index in [-0.39, 0.29) is 12.8 Å². The van der Waals surface area contributed by atoms with Crippen molar-refractivity contribution in [2.24, 2.45) is 0 Å². The van der Waals surface area contributed by atoms with E-state index in [2.05, 4.69) is 0 Å². The summed E-state index contributed by atoms with van der Waals surface area (Å²) in [6.07, 6.45) is -1.61. The lowest BCUT2D eigenvalue weighted by molar-refractivity contribution is -0.145. The van der Waals surface area contributed by atoms with E-state index in [0.717, 1.165) is 5.56 Å². The quantitative estimate of drug-likeness (QED) is 0.736. The van der Waals surface area contributed by atoms with E-state index in [0.29, 0.717) is 6.61 Å². The summed E-state index contributed by atoms with van der Waals surface area (Å²) < 4.78 is 4.72. The number of hydrogen-bond donors (Lipinski definition) is 2. The molecule has 0 aliphatic rings. The van der Waals surface area contributed by atoms with Crippen molar-refractivity contribution in [1.82, 2.24) is 0 Å². The summed E-state index contributed by atoms with van der Waals surface area (Å²) in [7, 11) is 0. The number of rotatable bonds is 6. The number of ether oxygens (including phenoxy) is 1. The summed E-state index contributed by atoms with van der Waals surface area (Å²) in [6, 6.07) is 9.04. The van der Waals surface area contributed by atoms with E-state index >= 15 is 0 Å². The summed E-state index contributed by atoms with van der Waals surface area (Å²) in [6.45, 7) is 2.01. The lowest BCUT2D eigenvalue weighted by Gasteiger charge is -2.15. The van der Waals surface area contributed by atoms with Crippen molar-refractivity contribution in [2.75, 3.05) is 6.61 Å². The number of hydrogen-bond acceptors (Lipinski definition) is 4. The highest BCUT2D eigenvalue weighted by Crippen LogP contribution is 2.19. The Morgan fingerprint density at radius 1 is 1.29 bits per heavy atom. The molecule has 0 aliphatic carbocycles. The number of carbonyl (C=O) groups excluding carboxylic acids is 1. The Hall–Kier alpha value is -1.39. The van der Waals surface area contributed by atoms with Gasteiger partial charge in [0.25, 0.3) is 0 Å². The highest BCUT2D eigenvalue weighted by atomic mass is 16.5. The Bertz CT molecular complexity index is 337. The molecule has 4 heteroatoms. The number of aliphatic hydroxyl groups is 2. The smallest absolute Gasteiger partial charge is 0.308 e. The van der Waals surface area contributed by atoms with Crippen LogP contribution >= 0.6 is 0 Å². The second-order valence-corrected chi connectivity index (χ2v) is 3.83. The normalized spacial score (nSPS) is 14.1. The first-order valence-corrected chi connectivity index (χ1v) is 5.70. The van der Waals surface area contributed by atoms with Gasteiger partial charge in [-0.25, -0.2) is 0 Å². The van der Waals surface area contributed by atoms with Gasteiger partial charge in [0, 0.05) is 6.42 Å². The van der Waals surface area contributed by atoms with Crippen molar-refractivity contribution in [2.45, 2.75) is 32.0 Å². The zero-order valence-corrected chi connectivity index (χ0v) is 9.87. The van der Waals surface area contributed by atoms with E-state index < -0.39 is 18.2 Å². The van der Waals surface area contributed by atoms with Crippen LogP contribution in [0.1, 0.15) is 31.4 Å². The van der Waals surface area contributed by atoms with Gasteiger partial charge in [-0.1, -0.05) is 30.3 Å². The first kappa shape index (κ1) is 13.7. The van der Waals surface area contributed by atoms with Crippen molar-refractivity contribution < 1.29 is 19.7 Å². The van der Waals surface area contributed by atoms with Crippen LogP contribution in [-0.2, 0) is 9.53 Å². The number of esters is 1. The van der Waals surface area contributed by atoms with Crippen LogP contribution in [0.5, 0.6) is 0 Å². The number of aliphatic hydroxyl groups excluding tert-OH is 2. The van der Waals surface area contributed by atoms with Gasteiger partial charge in [0.1, 0.15) is 0 Å². The minimum atomic E-state index is -0.885. The maximum Gasteiger partial charge on any atom is 0.308 e. The molecular weight excluding hydrogens is 220 g/mol. The highest BCUT2D eigenvalue weighted by Gasteiger charge is 2.17. The zero-order valence-electron chi connectivity index (χ0n) is 9.87. The molecule has 1 rings (SSSR count). The number of benzene rings is 1. The molecule has 1 aromatic carbocycles. The molecule has 2 N–H and O–H groups in total. The van der Waals surface area contributed by atoms with Crippen LogP contribution in [0, 0.1) is 0 Å². The molecular formula is C13H18O4. The van der Waals surface area contributed by atoms with Crippen LogP contribution in [0.3, 0.4) is 0 Å². The highest BCUT2D eigenvalue weighted by molar-refractivity contribution is 5.69. The van der Waals surface area contributed by atoms with Crippen molar-refractivity contribution in [3.8, 4) is 0 Å². The molecule has 1 aromatic rings. The summed E-state index contributed by atoms with van der Waals surface area (Å²) in [5, 5.41) is 19.4. The first-order valence-electron chi connectivity index (χ1n) is 5.70. The SMILES string of the molecule is CCOC(=O)C[C@@H](O)C[C@H](O)c1ccccc1. The van der Waals surface area contributed by atoms with Gasteiger partial charge in [-0.15, -0.1) is 0 Å². The summed E-state index contributed by atoms with van der Waals surface area (Å²) in [5.41, 5.74) is 0.732. The van der Waals surface area contributed by atoms with E-state index in [1.54, 1.807) is 19.1 Å². The predicted octanol–water partition coefficient (Wildman–Crippen LogP) is 1.42. The van der Waals surface area contributed by atoms with Crippen LogP contribution < -0.4 is 0 Å². The van der Waals surface area contributed by atoms with Gasteiger partial charge >= 0.3 is 5.97 Å². The van der Waals surface area contributed by atoms with Gasteiger partial charge in [0.15, 0.2) is 0 Å². The summed E-state index contributed by atoms with van der Waals surface area (Å²) >= 11 is 0. The van der Waals surface area contributed by atoms with Crippen LogP contribution in [0.15, 0.2) is 30.3 Å². The Labute approximate surface area is 101 Å². The third-order valence-electron chi connectivity index (χ3n) is 2.39. The molecule has 4 nitrogen and oxygen atoms in total. The first-order chi connectivity index (χ1) is 8.13. The largest absolute Gasteiger partial charge is 0.466 e. The lowest BCUT2D eigenvalue weighted by atomic mass is 10.0. The van der Waals surface area contributed by atoms with Crippen molar-refractivity contribution >= 4 is 5.97 Å². The molecule has 0 aliphatic heterocycles. The van der Waals surface area contributed by atoms with Crippen molar-refractivity contribution in [3.63, 3.8) is 0 Å². The van der Waals surface area contributed by atoms with Crippen LogP contribution in [0.25, 0.3) is 0 Å². The minimum absolute atomic E-state index is 0.0856. The van der Waals surface area contributed by atoms with Crippen LogP contribution in [-0.4, -0.2) is 28.9 Å². The molecule has 0 amide bonds. The molecule has 0 saturated heterocycles. The molecule has 0 fully saturated rings. The summed E-state index contributed by atoms with van der Waals surface area (Å²) in [4.78, 5) is 11.1. The topological polar surface area (TPSA) is 66.8 Å². The van der Waals surface area contributed by atoms with E-state index in [4.69, 9.17) is 4.74 Å².